The van der Waals surface area contributed by atoms with E-state index in [0.29, 0.717) is 41.8 Å². The highest BCUT2D eigenvalue weighted by Gasteiger charge is 2.32. The van der Waals surface area contributed by atoms with Gasteiger partial charge in [-0.3, -0.25) is 9.59 Å². The summed E-state index contributed by atoms with van der Waals surface area (Å²) in [6, 6.07) is 13.9. The molecule has 0 aromatic heterocycles. The van der Waals surface area contributed by atoms with Crippen LogP contribution < -0.4 is 10.6 Å². The first kappa shape index (κ1) is 30.6. The number of aliphatic carboxylic acids is 1. The van der Waals surface area contributed by atoms with E-state index in [4.69, 9.17) is 4.74 Å². The smallest absolute Gasteiger partial charge is 0.329 e. The van der Waals surface area contributed by atoms with Gasteiger partial charge in [0.05, 0.1) is 12.2 Å². The van der Waals surface area contributed by atoms with Crippen LogP contribution in [0.25, 0.3) is 0 Å². The summed E-state index contributed by atoms with van der Waals surface area (Å²) < 4.78 is 5.80. The number of hydrogen-bond donors (Lipinski definition) is 5. The molecule has 1 aliphatic rings. The van der Waals surface area contributed by atoms with Gasteiger partial charge < -0.3 is 30.7 Å². The molecule has 4 atom stereocenters. The minimum absolute atomic E-state index is 0.203. The Kier molecular flexibility index (Phi) is 12.8. The summed E-state index contributed by atoms with van der Waals surface area (Å²) in [5.41, 5.74) is 0.705. The fourth-order valence-corrected chi connectivity index (χ4v) is 5.41. The second-order valence-corrected chi connectivity index (χ2v) is 10.8. The molecule has 212 valence electrons. The second-order valence-electron chi connectivity index (χ2n) is 9.66. The van der Waals surface area contributed by atoms with E-state index in [2.05, 4.69) is 10.6 Å². The van der Waals surface area contributed by atoms with Crippen molar-refractivity contribution in [3.05, 3.63) is 71.8 Å². The van der Waals surface area contributed by atoms with E-state index in [1.54, 1.807) is 60.7 Å². The van der Waals surface area contributed by atoms with Gasteiger partial charge in [0.2, 0.25) is 5.91 Å². The number of hydrogen-bond acceptors (Lipinski definition) is 7. The van der Waals surface area contributed by atoms with Gasteiger partial charge in [-0.25, -0.2) is 4.79 Å². The molecule has 1 fully saturated rings. The summed E-state index contributed by atoms with van der Waals surface area (Å²) in [6.07, 6.45) is 3.53. The zero-order chi connectivity index (χ0) is 28.0. The highest BCUT2D eigenvalue weighted by Crippen LogP contribution is 2.21. The molecule has 1 saturated carbocycles. The number of ether oxygens (including phenoxy) is 1. The zero-order valence-electron chi connectivity index (χ0n) is 21.9. The van der Waals surface area contributed by atoms with E-state index in [1.807, 2.05) is 0 Å². The lowest BCUT2D eigenvalue weighted by molar-refractivity contribution is -0.145. The molecule has 2 aromatic carbocycles. The molecule has 1 aliphatic carbocycles. The first-order chi connectivity index (χ1) is 18.8. The van der Waals surface area contributed by atoms with Gasteiger partial charge in [0.15, 0.2) is 6.04 Å². The number of carboxylic acids is 1. The maximum absolute atomic E-state index is 13.2. The van der Waals surface area contributed by atoms with Crippen molar-refractivity contribution in [3.8, 4) is 0 Å². The summed E-state index contributed by atoms with van der Waals surface area (Å²) in [7, 11) is 0. The number of aliphatic hydroxyl groups is 2. The number of benzene rings is 2. The van der Waals surface area contributed by atoms with Gasteiger partial charge >= 0.3 is 5.97 Å². The SMILES string of the molecule is O=C(NC(CCSCC(O)CCOC1CCCC1)C(=O)NC(C(=O)O)C(O)c1ccccc1)c1ccccc1. The van der Waals surface area contributed by atoms with E-state index in [-0.39, 0.29) is 6.42 Å². The topological polar surface area (TPSA) is 145 Å². The number of nitrogens with one attached hydrogen (secondary N) is 2. The van der Waals surface area contributed by atoms with Crippen LogP contribution in [0.5, 0.6) is 0 Å². The van der Waals surface area contributed by atoms with Gasteiger partial charge in [0, 0.05) is 17.9 Å². The van der Waals surface area contributed by atoms with E-state index >= 15 is 0 Å². The van der Waals surface area contributed by atoms with Crippen LogP contribution in [0.1, 0.15) is 60.6 Å². The molecule has 3 rings (SSSR count). The predicted molar refractivity (Wildman–Crippen MR) is 149 cm³/mol. The van der Waals surface area contributed by atoms with Crippen molar-refractivity contribution >= 4 is 29.5 Å². The van der Waals surface area contributed by atoms with Crippen LogP contribution in [0.2, 0.25) is 0 Å². The molecule has 2 aromatic rings. The van der Waals surface area contributed by atoms with Gasteiger partial charge in [-0.15, -0.1) is 0 Å². The molecule has 0 radical (unpaired) electrons. The standard InChI is InChI=1S/C29H38N2O7S/c32-22(15-17-38-23-13-7-8-14-23)19-39-18-16-24(30-27(34)21-11-5-2-6-12-21)28(35)31-25(29(36)37)26(33)20-9-3-1-4-10-20/h1-6,9-12,22-26,32-33H,7-8,13-19H2,(H,30,34)(H,31,35)(H,36,37). The molecule has 0 heterocycles. The van der Waals surface area contributed by atoms with Gasteiger partial charge in [0.1, 0.15) is 12.1 Å². The third-order valence-corrected chi connectivity index (χ3v) is 7.79. The molecule has 0 aliphatic heterocycles. The normalized spacial score (nSPS) is 16.7. The van der Waals surface area contributed by atoms with Crippen molar-refractivity contribution in [2.75, 3.05) is 18.1 Å². The summed E-state index contributed by atoms with van der Waals surface area (Å²) in [5.74, 6) is -1.70. The van der Waals surface area contributed by atoms with Crippen molar-refractivity contribution in [1.82, 2.24) is 10.6 Å². The number of rotatable bonds is 16. The summed E-state index contributed by atoms with van der Waals surface area (Å²) in [6.45, 7) is 0.505. The van der Waals surface area contributed by atoms with Crippen LogP contribution >= 0.6 is 11.8 Å². The Labute approximate surface area is 233 Å². The minimum Gasteiger partial charge on any atom is -0.480 e. The van der Waals surface area contributed by atoms with Crippen LogP contribution in [-0.4, -0.2) is 75.5 Å². The Morgan fingerprint density at radius 3 is 2.21 bits per heavy atom. The first-order valence-corrected chi connectivity index (χ1v) is 14.5. The summed E-state index contributed by atoms with van der Waals surface area (Å²) in [5, 5.41) is 35.7. The fourth-order valence-electron chi connectivity index (χ4n) is 4.40. The van der Waals surface area contributed by atoms with Crippen molar-refractivity contribution in [1.29, 1.82) is 0 Å². The molecule has 2 amide bonds. The van der Waals surface area contributed by atoms with Crippen molar-refractivity contribution in [2.45, 2.75) is 68.9 Å². The summed E-state index contributed by atoms with van der Waals surface area (Å²) >= 11 is 1.44. The highest BCUT2D eigenvalue weighted by atomic mass is 32.2. The van der Waals surface area contributed by atoms with Gasteiger partial charge in [-0.1, -0.05) is 61.4 Å². The maximum atomic E-state index is 13.2. The number of carbonyl (C=O) groups is 3. The van der Waals surface area contributed by atoms with E-state index < -0.39 is 42.1 Å². The van der Waals surface area contributed by atoms with Crippen LogP contribution in [0, 0.1) is 0 Å². The minimum atomic E-state index is -1.61. The van der Waals surface area contributed by atoms with Crippen LogP contribution in [-0.2, 0) is 14.3 Å². The number of carbonyl (C=O) groups excluding carboxylic acids is 2. The third-order valence-electron chi connectivity index (χ3n) is 6.65. The second kappa shape index (κ2) is 16.2. The molecule has 4 unspecified atom stereocenters. The zero-order valence-corrected chi connectivity index (χ0v) is 22.7. The Balaban J connectivity index is 1.56. The molecule has 39 heavy (non-hydrogen) atoms. The molecular formula is C29H38N2O7S. The quantitative estimate of drug-likeness (QED) is 0.198. The maximum Gasteiger partial charge on any atom is 0.329 e. The third kappa shape index (κ3) is 10.3. The van der Waals surface area contributed by atoms with Crippen LogP contribution in [0.15, 0.2) is 60.7 Å². The lowest BCUT2D eigenvalue weighted by Gasteiger charge is -2.24. The molecule has 5 N–H and O–H groups in total. The average molecular weight is 559 g/mol. The molecule has 0 spiro atoms. The molecule has 0 saturated heterocycles. The Bertz CT molecular complexity index is 1030. The lowest BCUT2D eigenvalue weighted by Crippen LogP contribution is -2.53. The number of amides is 2. The van der Waals surface area contributed by atoms with E-state index in [1.165, 1.54) is 24.6 Å². The number of thioether (sulfide) groups is 1. The van der Waals surface area contributed by atoms with Crippen molar-refractivity contribution in [3.63, 3.8) is 0 Å². The van der Waals surface area contributed by atoms with Crippen LogP contribution in [0.4, 0.5) is 0 Å². The molecule has 10 heteroatoms. The molecule has 9 nitrogen and oxygen atoms in total. The van der Waals surface area contributed by atoms with Crippen LogP contribution in [0.3, 0.4) is 0 Å². The highest BCUT2D eigenvalue weighted by molar-refractivity contribution is 7.99. The average Bonchev–Trinajstić information content (AvgIpc) is 3.47. The Hall–Kier alpha value is -2.92. The monoisotopic (exact) mass is 558 g/mol. The summed E-state index contributed by atoms with van der Waals surface area (Å²) in [4.78, 5) is 37.9. The van der Waals surface area contributed by atoms with Crippen molar-refractivity contribution in [2.24, 2.45) is 0 Å². The van der Waals surface area contributed by atoms with E-state index in [9.17, 15) is 29.7 Å². The molecule has 0 bridgehead atoms. The largest absolute Gasteiger partial charge is 0.480 e. The predicted octanol–water partition coefficient (Wildman–Crippen LogP) is 2.92. The molecular weight excluding hydrogens is 520 g/mol. The number of carboxylic acid groups (broad SMARTS) is 1. The number of aliphatic hydroxyl groups excluding tert-OH is 2. The van der Waals surface area contributed by atoms with Crippen molar-refractivity contribution < 1.29 is 34.4 Å². The Morgan fingerprint density at radius 1 is 0.923 bits per heavy atom. The first-order valence-electron chi connectivity index (χ1n) is 13.3. The van der Waals surface area contributed by atoms with Gasteiger partial charge in [0.25, 0.3) is 5.91 Å². The Morgan fingerprint density at radius 2 is 1.56 bits per heavy atom. The lowest BCUT2D eigenvalue weighted by atomic mass is 10.0. The van der Waals surface area contributed by atoms with Gasteiger partial charge in [-0.2, -0.15) is 11.8 Å². The van der Waals surface area contributed by atoms with Gasteiger partial charge in [-0.05, 0) is 49.1 Å². The fraction of sp³-hybridized carbons (Fsp3) is 0.483. The van der Waals surface area contributed by atoms with E-state index in [0.717, 1.165) is 12.8 Å².